The van der Waals surface area contributed by atoms with Crippen molar-refractivity contribution >= 4 is 11.6 Å². The first kappa shape index (κ1) is 16.4. The van der Waals surface area contributed by atoms with E-state index in [4.69, 9.17) is 0 Å². The van der Waals surface area contributed by atoms with E-state index in [0.717, 1.165) is 11.3 Å². The minimum Gasteiger partial charge on any atom is -0.391 e. The summed E-state index contributed by atoms with van der Waals surface area (Å²) in [6, 6.07) is 9.32. The van der Waals surface area contributed by atoms with Crippen LogP contribution in [0.25, 0.3) is 0 Å². The highest BCUT2D eigenvalue weighted by atomic mass is 19.1. The molecule has 0 aliphatic carbocycles. The number of halogens is 1. The summed E-state index contributed by atoms with van der Waals surface area (Å²) in [5.41, 5.74) is 2.03. The molecule has 3 rings (SSSR count). The van der Waals surface area contributed by atoms with Crippen molar-refractivity contribution in [2.45, 2.75) is 18.6 Å². The Morgan fingerprint density at radius 1 is 1.29 bits per heavy atom. The Bertz CT molecular complexity index is 733. The lowest BCUT2D eigenvalue weighted by Gasteiger charge is -2.25. The number of aliphatic hydroxyl groups excluding tert-OH is 1. The monoisotopic (exact) mass is 329 g/mol. The number of pyridine rings is 1. The summed E-state index contributed by atoms with van der Waals surface area (Å²) in [5, 5.41) is 10.0. The molecule has 2 aromatic rings. The molecule has 0 bridgehead atoms. The van der Waals surface area contributed by atoms with Crippen molar-refractivity contribution in [1.29, 1.82) is 0 Å². The SMILES string of the molecule is CN(C)c1ccnc(C(=O)N2C[C@H](O)C[C@@H]2c2ccc(F)cc2)c1. The fourth-order valence-electron chi connectivity index (χ4n) is 3.00. The lowest BCUT2D eigenvalue weighted by Crippen LogP contribution is -2.32. The van der Waals surface area contributed by atoms with Gasteiger partial charge in [0.2, 0.25) is 0 Å². The molecule has 1 aliphatic heterocycles. The van der Waals surface area contributed by atoms with Gasteiger partial charge in [-0.05, 0) is 36.2 Å². The third-order valence-electron chi connectivity index (χ3n) is 4.27. The molecule has 1 aliphatic rings. The van der Waals surface area contributed by atoms with Crippen molar-refractivity contribution in [3.63, 3.8) is 0 Å². The van der Waals surface area contributed by atoms with Crippen LogP contribution in [0.5, 0.6) is 0 Å². The van der Waals surface area contributed by atoms with Crippen LogP contribution in [0.2, 0.25) is 0 Å². The number of nitrogens with zero attached hydrogens (tertiary/aromatic N) is 3. The number of hydrogen-bond donors (Lipinski definition) is 1. The van der Waals surface area contributed by atoms with E-state index in [1.54, 1.807) is 29.3 Å². The standard InChI is InChI=1S/C18H20FN3O2/c1-21(2)14-7-8-20-16(9-14)18(24)22-11-15(23)10-17(22)12-3-5-13(19)6-4-12/h3-9,15,17,23H,10-11H2,1-2H3/t15-,17-/m1/s1. The minimum atomic E-state index is -0.596. The van der Waals surface area contributed by atoms with Gasteiger partial charge < -0.3 is 14.9 Å². The molecule has 6 heteroatoms. The third kappa shape index (κ3) is 3.23. The molecule has 5 nitrogen and oxygen atoms in total. The van der Waals surface area contributed by atoms with Gasteiger partial charge in [0.15, 0.2) is 0 Å². The molecule has 0 spiro atoms. The Labute approximate surface area is 140 Å². The molecule has 1 N–H and O–H groups in total. The number of benzene rings is 1. The van der Waals surface area contributed by atoms with Gasteiger partial charge in [-0.15, -0.1) is 0 Å². The van der Waals surface area contributed by atoms with Gasteiger partial charge in [-0.3, -0.25) is 9.78 Å². The number of carbonyl (C=O) groups is 1. The number of amides is 1. The van der Waals surface area contributed by atoms with E-state index in [2.05, 4.69) is 4.98 Å². The second kappa shape index (κ2) is 6.57. The Morgan fingerprint density at radius 3 is 2.67 bits per heavy atom. The zero-order valence-electron chi connectivity index (χ0n) is 13.7. The number of aliphatic hydroxyl groups is 1. The van der Waals surface area contributed by atoms with Crippen molar-refractivity contribution in [1.82, 2.24) is 9.88 Å². The van der Waals surface area contributed by atoms with Crippen LogP contribution in [0.4, 0.5) is 10.1 Å². The molecule has 1 aromatic carbocycles. The summed E-state index contributed by atoms with van der Waals surface area (Å²) < 4.78 is 13.1. The van der Waals surface area contributed by atoms with Crippen molar-refractivity contribution in [3.8, 4) is 0 Å². The summed E-state index contributed by atoms with van der Waals surface area (Å²) in [6.07, 6.45) is 1.44. The Balaban J connectivity index is 1.89. The largest absolute Gasteiger partial charge is 0.391 e. The molecule has 0 unspecified atom stereocenters. The zero-order chi connectivity index (χ0) is 17.3. The number of β-amino-alcohol motifs (C(OH)–C–C–N with tert-alkyl or cyclic N) is 1. The number of hydrogen-bond acceptors (Lipinski definition) is 4. The quantitative estimate of drug-likeness (QED) is 0.938. The van der Waals surface area contributed by atoms with Gasteiger partial charge in [0.1, 0.15) is 11.5 Å². The minimum absolute atomic E-state index is 0.232. The number of aromatic nitrogens is 1. The molecular formula is C18H20FN3O2. The van der Waals surface area contributed by atoms with E-state index in [1.807, 2.05) is 25.1 Å². The van der Waals surface area contributed by atoms with Crippen molar-refractivity contribution in [3.05, 3.63) is 59.7 Å². The van der Waals surface area contributed by atoms with Gasteiger partial charge in [-0.1, -0.05) is 12.1 Å². The maximum absolute atomic E-state index is 13.1. The average Bonchev–Trinajstić information content (AvgIpc) is 2.96. The van der Waals surface area contributed by atoms with E-state index in [1.165, 1.54) is 12.1 Å². The number of carbonyl (C=O) groups excluding carboxylic acids is 1. The third-order valence-corrected chi connectivity index (χ3v) is 4.27. The average molecular weight is 329 g/mol. The van der Waals surface area contributed by atoms with Crippen LogP contribution >= 0.6 is 0 Å². The predicted octanol–water partition coefficient (Wildman–Crippen LogP) is 2.23. The number of anilines is 1. The molecule has 0 saturated carbocycles. The van der Waals surface area contributed by atoms with Crippen LogP contribution in [0.1, 0.15) is 28.5 Å². The van der Waals surface area contributed by atoms with E-state index in [0.29, 0.717) is 12.1 Å². The summed E-state index contributed by atoms with van der Waals surface area (Å²) in [5.74, 6) is -0.555. The summed E-state index contributed by atoms with van der Waals surface area (Å²) in [7, 11) is 3.79. The van der Waals surface area contributed by atoms with Gasteiger partial charge in [-0.25, -0.2) is 4.39 Å². The normalized spacial score (nSPS) is 20.2. The molecule has 126 valence electrons. The van der Waals surface area contributed by atoms with Gasteiger partial charge in [0, 0.05) is 32.5 Å². The van der Waals surface area contributed by atoms with Crippen molar-refractivity contribution < 1.29 is 14.3 Å². The van der Waals surface area contributed by atoms with Crippen LogP contribution in [0.15, 0.2) is 42.6 Å². The highest BCUT2D eigenvalue weighted by Gasteiger charge is 2.36. The van der Waals surface area contributed by atoms with Crippen LogP contribution in [0, 0.1) is 5.82 Å². The van der Waals surface area contributed by atoms with Gasteiger partial charge in [-0.2, -0.15) is 0 Å². The molecule has 24 heavy (non-hydrogen) atoms. The molecular weight excluding hydrogens is 309 g/mol. The Morgan fingerprint density at radius 2 is 2.00 bits per heavy atom. The summed E-state index contributed by atoms with van der Waals surface area (Å²) in [4.78, 5) is 20.6. The first-order valence-electron chi connectivity index (χ1n) is 7.83. The highest BCUT2D eigenvalue weighted by Crippen LogP contribution is 2.33. The lowest BCUT2D eigenvalue weighted by atomic mass is 10.0. The number of rotatable bonds is 3. The van der Waals surface area contributed by atoms with Crippen LogP contribution in [0.3, 0.4) is 0 Å². The fourth-order valence-corrected chi connectivity index (χ4v) is 3.00. The van der Waals surface area contributed by atoms with Crippen molar-refractivity contribution in [2.24, 2.45) is 0 Å². The zero-order valence-corrected chi connectivity index (χ0v) is 13.7. The van der Waals surface area contributed by atoms with E-state index in [9.17, 15) is 14.3 Å². The molecule has 1 fully saturated rings. The first-order chi connectivity index (χ1) is 11.5. The summed E-state index contributed by atoms with van der Waals surface area (Å²) in [6.45, 7) is 0.245. The molecule has 2 heterocycles. The first-order valence-corrected chi connectivity index (χ1v) is 7.83. The second-order valence-corrected chi connectivity index (χ2v) is 6.21. The molecule has 1 saturated heterocycles. The highest BCUT2D eigenvalue weighted by molar-refractivity contribution is 5.93. The number of likely N-dealkylation sites (tertiary alicyclic amines) is 1. The maximum atomic E-state index is 13.1. The van der Waals surface area contributed by atoms with E-state index in [-0.39, 0.29) is 24.3 Å². The van der Waals surface area contributed by atoms with E-state index >= 15 is 0 Å². The Kier molecular flexibility index (Phi) is 4.49. The topological polar surface area (TPSA) is 56.7 Å². The van der Waals surface area contributed by atoms with Gasteiger partial charge in [0.25, 0.3) is 5.91 Å². The van der Waals surface area contributed by atoms with Gasteiger partial charge >= 0.3 is 0 Å². The molecule has 1 amide bonds. The molecule has 0 radical (unpaired) electrons. The van der Waals surface area contributed by atoms with Gasteiger partial charge in [0.05, 0.1) is 12.1 Å². The van der Waals surface area contributed by atoms with Crippen molar-refractivity contribution in [2.75, 3.05) is 25.5 Å². The van der Waals surface area contributed by atoms with E-state index < -0.39 is 6.10 Å². The van der Waals surface area contributed by atoms with Crippen LogP contribution < -0.4 is 4.90 Å². The predicted molar refractivity (Wildman–Crippen MR) is 89.4 cm³/mol. The second-order valence-electron chi connectivity index (χ2n) is 6.21. The molecule has 1 aromatic heterocycles. The Hall–Kier alpha value is -2.47. The smallest absolute Gasteiger partial charge is 0.273 e. The molecule has 2 atom stereocenters. The summed E-state index contributed by atoms with van der Waals surface area (Å²) >= 11 is 0. The lowest BCUT2D eigenvalue weighted by molar-refractivity contribution is 0.0710. The van der Waals surface area contributed by atoms with Crippen LogP contribution in [-0.2, 0) is 0 Å². The maximum Gasteiger partial charge on any atom is 0.273 e. The van der Waals surface area contributed by atoms with Crippen LogP contribution in [-0.4, -0.2) is 47.6 Å². The fraction of sp³-hybridized carbons (Fsp3) is 0.333.